The van der Waals surface area contributed by atoms with Crippen molar-refractivity contribution in [2.45, 2.75) is 30.3 Å². The SMILES string of the molecule is C=CCN(C1CC1)S(=O)(=O)c1ccc(CNC)cc1OC. The van der Waals surface area contributed by atoms with E-state index in [2.05, 4.69) is 11.9 Å². The zero-order valence-corrected chi connectivity index (χ0v) is 13.3. The second-order valence-corrected chi connectivity index (χ2v) is 6.97. The molecular weight excluding hydrogens is 288 g/mol. The van der Waals surface area contributed by atoms with Crippen LogP contribution in [-0.2, 0) is 16.6 Å². The summed E-state index contributed by atoms with van der Waals surface area (Å²) in [6, 6.07) is 5.29. The van der Waals surface area contributed by atoms with E-state index in [1.54, 1.807) is 18.2 Å². The van der Waals surface area contributed by atoms with E-state index in [9.17, 15) is 8.42 Å². The Hall–Kier alpha value is -1.37. The second-order valence-electron chi connectivity index (χ2n) is 5.11. The molecule has 1 saturated carbocycles. The molecule has 0 spiro atoms. The Kier molecular flexibility index (Phi) is 5.03. The first-order valence-electron chi connectivity index (χ1n) is 6.98. The summed E-state index contributed by atoms with van der Waals surface area (Å²) in [5.41, 5.74) is 0.981. The van der Waals surface area contributed by atoms with Gasteiger partial charge in [-0.25, -0.2) is 8.42 Å². The summed E-state index contributed by atoms with van der Waals surface area (Å²) in [5, 5.41) is 3.04. The van der Waals surface area contributed by atoms with Crippen LogP contribution in [0.1, 0.15) is 18.4 Å². The van der Waals surface area contributed by atoms with Crippen molar-refractivity contribution in [1.82, 2.24) is 9.62 Å². The molecule has 0 bridgehead atoms. The van der Waals surface area contributed by atoms with Crippen LogP contribution in [-0.4, -0.2) is 39.5 Å². The molecule has 0 aromatic heterocycles. The van der Waals surface area contributed by atoms with Crippen LogP contribution in [0.4, 0.5) is 0 Å². The molecule has 0 heterocycles. The number of methoxy groups -OCH3 is 1. The van der Waals surface area contributed by atoms with Crippen molar-refractivity contribution in [3.63, 3.8) is 0 Å². The maximum absolute atomic E-state index is 12.8. The fraction of sp³-hybridized carbons (Fsp3) is 0.467. The van der Waals surface area contributed by atoms with Crippen LogP contribution in [0.5, 0.6) is 5.75 Å². The summed E-state index contributed by atoms with van der Waals surface area (Å²) < 4.78 is 32.5. The molecule has 116 valence electrons. The first-order chi connectivity index (χ1) is 10.0. The van der Waals surface area contributed by atoms with Gasteiger partial charge in [-0.15, -0.1) is 6.58 Å². The molecule has 1 aliphatic carbocycles. The molecule has 2 rings (SSSR count). The molecule has 0 saturated heterocycles. The van der Waals surface area contributed by atoms with Gasteiger partial charge in [0.05, 0.1) is 7.11 Å². The number of ether oxygens (including phenoxy) is 1. The lowest BCUT2D eigenvalue weighted by atomic mass is 10.2. The molecule has 1 aliphatic rings. The lowest BCUT2D eigenvalue weighted by molar-refractivity contribution is 0.393. The summed E-state index contributed by atoms with van der Waals surface area (Å²) in [4.78, 5) is 0.221. The number of benzene rings is 1. The summed E-state index contributed by atoms with van der Waals surface area (Å²) in [5.74, 6) is 0.387. The number of nitrogens with zero attached hydrogens (tertiary/aromatic N) is 1. The van der Waals surface area contributed by atoms with Crippen molar-refractivity contribution in [3.05, 3.63) is 36.4 Å². The molecule has 0 aliphatic heterocycles. The Bertz CT molecular complexity index is 609. The standard InChI is InChI=1S/C15H22N2O3S/c1-4-9-17(13-6-7-13)21(18,19)15-8-5-12(11-16-2)10-14(15)20-3/h4-5,8,10,13,16H,1,6-7,9,11H2,2-3H3. The third-order valence-corrected chi connectivity index (χ3v) is 5.42. The molecule has 0 atom stereocenters. The van der Waals surface area contributed by atoms with Gasteiger partial charge in [0.15, 0.2) is 0 Å². The minimum atomic E-state index is -3.56. The average molecular weight is 310 g/mol. The number of sulfonamides is 1. The van der Waals surface area contributed by atoms with Crippen molar-refractivity contribution < 1.29 is 13.2 Å². The van der Waals surface area contributed by atoms with E-state index in [1.165, 1.54) is 11.4 Å². The predicted octanol–water partition coefficient (Wildman–Crippen LogP) is 1.75. The Balaban J connectivity index is 2.40. The Labute approximate surface area is 126 Å². The number of hydrogen-bond donors (Lipinski definition) is 1. The van der Waals surface area contributed by atoms with Crippen LogP contribution in [0.2, 0.25) is 0 Å². The summed E-state index contributed by atoms with van der Waals surface area (Å²) in [6.07, 6.45) is 3.44. The van der Waals surface area contributed by atoms with E-state index < -0.39 is 10.0 Å². The fourth-order valence-corrected chi connectivity index (χ4v) is 4.09. The molecule has 0 amide bonds. The minimum Gasteiger partial charge on any atom is -0.495 e. The first kappa shape index (κ1) is 16.0. The van der Waals surface area contributed by atoms with E-state index in [4.69, 9.17) is 4.74 Å². The number of hydrogen-bond acceptors (Lipinski definition) is 4. The van der Waals surface area contributed by atoms with Gasteiger partial charge in [-0.2, -0.15) is 4.31 Å². The van der Waals surface area contributed by atoms with Crippen molar-refractivity contribution in [2.75, 3.05) is 20.7 Å². The van der Waals surface area contributed by atoms with E-state index in [1.807, 2.05) is 13.1 Å². The van der Waals surface area contributed by atoms with Gasteiger partial charge >= 0.3 is 0 Å². The largest absolute Gasteiger partial charge is 0.495 e. The lowest BCUT2D eigenvalue weighted by Crippen LogP contribution is -2.33. The van der Waals surface area contributed by atoms with Gasteiger partial charge in [0.1, 0.15) is 10.6 Å². The maximum Gasteiger partial charge on any atom is 0.247 e. The normalized spacial score (nSPS) is 15.2. The molecule has 1 N–H and O–H groups in total. The third-order valence-electron chi connectivity index (χ3n) is 3.46. The quantitative estimate of drug-likeness (QED) is 0.743. The fourth-order valence-electron chi connectivity index (χ4n) is 2.30. The van der Waals surface area contributed by atoms with Gasteiger partial charge < -0.3 is 10.1 Å². The molecule has 1 aromatic carbocycles. The van der Waals surface area contributed by atoms with Gasteiger partial charge in [0, 0.05) is 19.1 Å². The minimum absolute atomic E-state index is 0.0923. The van der Waals surface area contributed by atoms with Crippen LogP contribution < -0.4 is 10.1 Å². The molecule has 6 heteroatoms. The van der Waals surface area contributed by atoms with Gasteiger partial charge in [0.25, 0.3) is 0 Å². The zero-order chi connectivity index (χ0) is 15.5. The predicted molar refractivity (Wildman–Crippen MR) is 82.9 cm³/mol. The summed E-state index contributed by atoms with van der Waals surface area (Å²) in [6.45, 7) is 4.64. The topological polar surface area (TPSA) is 58.6 Å². The van der Waals surface area contributed by atoms with E-state index in [0.717, 1.165) is 18.4 Å². The van der Waals surface area contributed by atoms with E-state index in [-0.39, 0.29) is 10.9 Å². The Morgan fingerprint density at radius 1 is 1.48 bits per heavy atom. The van der Waals surface area contributed by atoms with Gasteiger partial charge in [-0.1, -0.05) is 12.1 Å². The lowest BCUT2D eigenvalue weighted by Gasteiger charge is -2.21. The van der Waals surface area contributed by atoms with Crippen molar-refractivity contribution in [1.29, 1.82) is 0 Å². The Morgan fingerprint density at radius 3 is 2.71 bits per heavy atom. The zero-order valence-electron chi connectivity index (χ0n) is 12.5. The average Bonchev–Trinajstić information content (AvgIpc) is 3.29. The number of nitrogens with one attached hydrogen (secondary N) is 1. The van der Waals surface area contributed by atoms with Crippen LogP contribution in [0.3, 0.4) is 0 Å². The molecule has 1 aromatic rings. The Morgan fingerprint density at radius 2 is 2.19 bits per heavy atom. The number of rotatable bonds is 8. The van der Waals surface area contributed by atoms with E-state index >= 15 is 0 Å². The van der Waals surface area contributed by atoms with Crippen LogP contribution in [0.15, 0.2) is 35.7 Å². The van der Waals surface area contributed by atoms with Gasteiger partial charge in [0.2, 0.25) is 10.0 Å². The summed E-state index contributed by atoms with van der Waals surface area (Å²) in [7, 11) is -0.222. The molecule has 21 heavy (non-hydrogen) atoms. The molecule has 5 nitrogen and oxygen atoms in total. The third kappa shape index (κ3) is 3.45. The highest BCUT2D eigenvalue weighted by atomic mass is 32.2. The van der Waals surface area contributed by atoms with Crippen molar-refractivity contribution >= 4 is 10.0 Å². The van der Waals surface area contributed by atoms with Gasteiger partial charge in [-0.3, -0.25) is 0 Å². The highest BCUT2D eigenvalue weighted by molar-refractivity contribution is 7.89. The smallest absolute Gasteiger partial charge is 0.247 e. The van der Waals surface area contributed by atoms with Crippen molar-refractivity contribution in [2.24, 2.45) is 0 Å². The summed E-state index contributed by atoms with van der Waals surface area (Å²) >= 11 is 0. The molecule has 1 fully saturated rings. The maximum atomic E-state index is 12.8. The molecule has 0 unspecified atom stereocenters. The molecule has 0 radical (unpaired) electrons. The highest BCUT2D eigenvalue weighted by Gasteiger charge is 2.38. The highest BCUT2D eigenvalue weighted by Crippen LogP contribution is 2.35. The van der Waals surface area contributed by atoms with Crippen molar-refractivity contribution in [3.8, 4) is 5.75 Å². The van der Waals surface area contributed by atoms with Crippen LogP contribution in [0, 0.1) is 0 Å². The molecular formula is C15H22N2O3S. The van der Waals surface area contributed by atoms with E-state index in [0.29, 0.717) is 18.8 Å². The monoisotopic (exact) mass is 310 g/mol. The first-order valence-corrected chi connectivity index (χ1v) is 8.43. The van der Waals surface area contributed by atoms with Crippen LogP contribution in [0.25, 0.3) is 0 Å². The second kappa shape index (κ2) is 6.60. The van der Waals surface area contributed by atoms with Crippen LogP contribution >= 0.6 is 0 Å². The van der Waals surface area contributed by atoms with Gasteiger partial charge in [-0.05, 0) is 37.6 Å².